The van der Waals surface area contributed by atoms with Crippen LogP contribution in [-0.4, -0.2) is 47.4 Å². The highest BCUT2D eigenvalue weighted by molar-refractivity contribution is 5.76. The average Bonchev–Trinajstić information content (AvgIpc) is 3.38. The fourth-order valence-corrected chi connectivity index (χ4v) is 10.2. The summed E-state index contributed by atoms with van der Waals surface area (Å²) in [7, 11) is 0. The van der Waals surface area contributed by atoms with Gasteiger partial charge >= 0.3 is 5.97 Å². The molecular formula is C66H127NO5. The largest absolute Gasteiger partial charge is 0.466 e. The summed E-state index contributed by atoms with van der Waals surface area (Å²) in [6, 6.07) is -0.633. The van der Waals surface area contributed by atoms with Crippen LogP contribution in [0.5, 0.6) is 0 Å². The molecule has 0 aromatic carbocycles. The number of carbonyl (C=O) groups excluding carboxylic acids is 2. The van der Waals surface area contributed by atoms with E-state index in [2.05, 4.69) is 31.3 Å². The van der Waals surface area contributed by atoms with Crippen LogP contribution >= 0.6 is 0 Å². The molecule has 6 heteroatoms. The molecule has 3 N–H and O–H groups in total. The lowest BCUT2D eigenvalue weighted by atomic mass is 10.0. The maximum atomic E-state index is 12.5. The fraction of sp³-hybridized carbons (Fsp3) is 0.909. The minimum Gasteiger partial charge on any atom is -0.466 e. The second kappa shape index (κ2) is 61.9. The highest BCUT2D eigenvalue weighted by Crippen LogP contribution is 2.18. The van der Waals surface area contributed by atoms with Crippen LogP contribution in [0.4, 0.5) is 0 Å². The van der Waals surface area contributed by atoms with E-state index in [9.17, 15) is 19.8 Å². The molecule has 0 aliphatic heterocycles. The van der Waals surface area contributed by atoms with E-state index in [1.165, 1.54) is 289 Å². The Balaban J connectivity index is 3.45. The Bertz CT molecular complexity index is 1120. The van der Waals surface area contributed by atoms with E-state index >= 15 is 0 Å². The van der Waals surface area contributed by atoms with E-state index in [4.69, 9.17) is 4.74 Å². The van der Waals surface area contributed by atoms with Crippen molar-refractivity contribution in [2.75, 3.05) is 13.2 Å². The van der Waals surface area contributed by atoms with Gasteiger partial charge in [0.05, 0.1) is 25.4 Å². The summed E-state index contributed by atoms with van der Waals surface area (Å²) < 4.78 is 5.47. The molecular weight excluding hydrogens is 887 g/mol. The van der Waals surface area contributed by atoms with Gasteiger partial charge in [0.2, 0.25) is 5.91 Å². The number of carbonyl (C=O) groups is 2. The molecule has 426 valence electrons. The van der Waals surface area contributed by atoms with Crippen LogP contribution < -0.4 is 5.32 Å². The van der Waals surface area contributed by atoms with Crippen LogP contribution in [-0.2, 0) is 14.3 Å². The number of hydrogen-bond donors (Lipinski definition) is 3. The summed E-state index contributed by atoms with van der Waals surface area (Å²) in [5, 5.41) is 23.2. The van der Waals surface area contributed by atoms with Crippen LogP contribution in [0, 0.1) is 0 Å². The number of ether oxygens (including phenoxy) is 1. The van der Waals surface area contributed by atoms with E-state index < -0.39 is 12.1 Å². The maximum absolute atomic E-state index is 12.5. The minimum atomic E-state index is -0.849. The maximum Gasteiger partial charge on any atom is 0.305 e. The molecule has 2 atom stereocenters. The van der Waals surface area contributed by atoms with Crippen molar-refractivity contribution in [3.63, 3.8) is 0 Å². The zero-order chi connectivity index (χ0) is 52.2. The predicted molar refractivity (Wildman–Crippen MR) is 315 cm³/mol. The number of aliphatic hydroxyl groups is 2. The van der Waals surface area contributed by atoms with Gasteiger partial charge in [-0.3, -0.25) is 9.59 Å². The van der Waals surface area contributed by atoms with Gasteiger partial charge in [0, 0.05) is 12.8 Å². The zero-order valence-corrected chi connectivity index (χ0v) is 48.7. The number of rotatable bonds is 61. The summed E-state index contributed by atoms with van der Waals surface area (Å²) in [6.45, 7) is 4.93. The Labute approximate surface area is 450 Å². The average molecular weight is 1010 g/mol. The van der Waals surface area contributed by atoms with Gasteiger partial charge in [0.25, 0.3) is 0 Å². The fourth-order valence-electron chi connectivity index (χ4n) is 10.2. The number of nitrogens with one attached hydrogen (secondary N) is 1. The third-order valence-electron chi connectivity index (χ3n) is 15.2. The molecule has 0 aliphatic rings. The normalized spacial score (nSPS) is 12.7. The standard InChI is InChI=1S/C66H127NO5/c1-3-5-7-9-11-13-15-17-18-19-20-23-26-29-32-35-38-42-46-50-54-58-64(69)63(62-68)67-65(70)59-55-51-47-43-39-36-33-30-27-24-21-22-25-28-31-34-37-41-45-49-53-57-61-72-66(71)60-56-52-48-44-40-16-14-12-10-8-6-4-2/h24,27,54,58,63-64,68-69H,3-23,25-26,28-53,55-57,59-62H2,1-2H3,(H,67,70)/b27-24-,58-54+. The van der Waals surface area contributed by atoms with Gasteiger partial charge < -0.3 is 20.3 Å². The van der Waals surface area contributed by atoms with Gasteiger partial charge in [-0.15, -0.1) is 0 Å². The quantitative estimate of drug-likeness (QED) is 0.0320. The highest BCUT2D eigenvalue weighted by atomic mass is 16.5. The lowest BCUT2D eigenvalue weighted by molar-refractivity contribution is -0.143. The van der Waals surface area contributed by atoms with Gasteiger partial charge in [-0.25, -0.2) is 0 Å². The number of amides is 1. The van der Waals surface area contributed by atoms with Crippen molar-refractivity contribution in [2.45, 2.75) is 373 Å². The summed E-state index contributed by atoms with van der Waals surface area (Å²) in [4.78, 5) is 24.5. The Hall–Kier alpha value is -1.66. The van der Waals surface area contributed by atoms with Gasteiger partial charge in [0.1, 0.15) is 0 Å². The summed E-state index contributed by atoms with van der Waals surface area (Å²) >= 11 is 0. The number of allylic oxidation sites excluding steroid dienone is 3. The zero-order valence-electron chi connectivity index (χ0n) is 48.7. The second-order valence-corrected chi connectivity index (χ2v) is 22.5. The number of hydrogen-bond acceptors (Lipinski definition) is 5. The molecule has 2 unspecified atom stereocenters. The Morgan fingerprint density at radius 3 is 0.986 bits per heavy atom. The van der Waals surface area contributed by atoms with E-state index in [-0.39, 0.29) is 18.5 Å². The number of aliphatic hydroxyl groups excluding tert-OH is 2. The van der Waals surface area contributed by atoms with Crippen molar-refractivity contribution in [3.05, 3.63) is 24.3 Å². The van der Waals surface area contributed by atoms with Crippen molar-refractivity contribution < 1.29 is 24.5 Å². The van der Waals surface area contributed by atoms with Crippen molar-refractivity contribution in [1.29, 1.82) is 0 Å². The first-order valence-electron chi connectivity index (χ1n) is 32.6. The third kappa shape index (κ3) is 57.6. The monoisotopic (exact) mass is 1010 g/mol. The Kier molecular flexibility index (Phi) is 60.5. The first kappa shape index (κ1) is 70.3. The van der Waals surface area contributed by atoms with Gasteiger partial charge in [-0.1, -0.05) is 314 Å². The molecule has 0 spiro atoms. The summed E-state index contributed by atoms with van der Waals surface area (Å²) in [5.41, 5.74) is 0. The topological polar surface area (TPSA) is 95.9 Å². The lowest BCUT2D eigenvalue weighted by Gasteiger charge is -2.20. The molecule has 0 heterocycles. The van der Waals surface area contributed by atoms with Crippen LogP contribution in [0.3, 0.4) is 0 Å². The predicted octanol–water partition coefficient (Wildman–Crippen LogP) is 20.6. The Morgan fingerprint density at radius 2 is 0.653 bits per heavy atom. The van der Waals surface area contributed by atoms with Crippen LogP contribution in [0.1, 0.15) is 361 Å². The van der Waals surface area contributed by atoms with Crippen molar-refractivity contribution in [1.82, 2.24) is 5.32 Å². The van der Waals surface area contributed by atoms with Gasteiger partial charge in [-0.05, 0) is 57.8 Å². The Morgan fingerprint density at radius 1 is 0.375 bits per heavy atom. The van der Waals surface area contributed by atoms with E-state index in [1.807, 2.05) is 6.08 Å². The van der Waals surface area contributed by atoms with Crippen LogP contribution in [0.15, 0.2) is 24.3 Å². The molecule has 0 aliphatic carbocycles. The third-order valence-corrected chi connectivity index (χ3v) is 15.2. The van der Waals surface area contributed by atoms with E-state index in [0.717, 1.165) is 44.9 Å². The molecule has 0 saturated carbocycles. The molecule has 0 bridgehead atoms. The van der Waals surface area contributed by atoms with Crippen molar-refractivity contribution in [2.24, 2.45) is 0 Å². The first-order valence-corrected chi connectivity index (χ1v) is 32.6. The molecule has 6 nitrogen and oxygen atoms in total. The summed E-state index contributed by atoms with van der Waals surface area (Å²) in [6.07, 6.45) is 76.6. The van der Waals surface area contributed by atoms with E-state index in [0.29, 0.717) is 19.4 Å². The number of esters is 1. The SMILES string of the molecule is CCCCCCCCCCCCCCCCCCCCC/C=C/C(O)C(CO)NC(=O)CCCCCCCCC/C=C\CCCCCCCCCCCCCOC(=O)CCCCCCCCCCCCCC. The van der Waals surface area contributed by atoms with Gasteiger partial charge in [0.15, 0.2) is 0 Å². The smallest absolute Gasteiger partial charge is 0.305 e. The van der Waals surface area contributed by atoms with Crippen LogP contribution in [0.25, 0.3) is 0 Å². The molecule has 0 rings (SSSR count). The lowest BCUT2D eigenvalue weighted by Crippen LogP contribution is -2.45. The summed E-state index contributed by atoms with van der Waals surface area (Å²) in [5.74, 6) is -0.0609. The van der Waals surface area contributed by atoms with Crippen LogP contribution in [0.2, 0.25) is 0 Å². The van der Waals surface area contributed by atoms with Crippen molar-refractivity contribution >= 4 is 11.9 Å². The van der Waals surface area contributed by atoms with Crippen molar-refractivity contribution in [3.8, 4) is 0 Å². The number of unbranched alkanes of at least 4 members (excludes halogenated alkanes) is 48. The molecule has 1 amide bonds. The molecule has 0 fully saturated rings. The second-order valence-electron chi connectivity index (χ2n) is 22.5. The molecule has 0 aromatic rings. The molecule has 0 radical (unpaired) electrons. The molecule has 0 aromatic heterocycles. The van der Waals surface area contributed by atoms with Gasteiger partial charge in [-0.2, -0.15) is 0 Å². The van der Waals surface area contributed by atoms with E-state index in [1.54, 1.807) is 6.08 Å². The highest BCUT2D eigenvalue weighted by Gasteiger charge is 2.18. The molecule has 72 heavy (non-hydrogen) atoms. The molecule has 0 saturated heterocycles. The first-order chi connectivity index (χ1) is 35.5. The minimum absolute atomic E-state index is 0.0106.